The van der Waals surface area contributed by atoms with Crippen molar-refractivity contribution in [2.45, 2.75) is 46.5 Å². The molecule has 0 spiro atoms. The van der Waals surface area contributed by atoms with Gasteiger partial charge < -0.3 is 0 Å². The van der Waals surface area contributed by atoms with Gasteiger partial charge in [-0.2, -0.15) is 0 Å². The van der Waals surface area contributed by atoms with Crippen molar-refractivity contribution < 1.29 is 4.39 Å². The molecule has 0 atom stereocenters. The molecule has 2 aromatic carbocycles. The summed E-state index contributed by atoms with van der Waals surface area (Å²) in [5.41, 5.74) is 11.4. The average Bonchev–Trinajstić information content (AvgIpc) is 2.84. The van der Waals surface area contributed by atoms with Crippen LogP contribution in [0.2, 0.25) is 0 Å². The van der Waals surface area contributed by atoms with Gasteiger partial charge in [0, 0.05) is 5.56 Å². The highest BCUT2D eigenvalue weighted by molar-refractivity contribution is 5.88. The summed E-state index contributed by atoms with van der Waals surface area (Å²) in [5, 5.41) is 0. The Morgan fingerprint density at radius 2 is 1.67 bits per heavy atom. The van der Waals surface area contributed by atoms with Gasteiger partial charge in [-0.05, 0) is 97.6 Å². The smallest absolute Gasteiger partial charge is 0.131 e. The largest absolute Gasteiger partial charge is 0.206 e. The van der Waals surface area contributed by atoms with Gasteiger partial charge in [-0.15, -0.1) is 0 Å². The molecule has 2 aromatic rings. The molecule has 1 heteroatoms. The summed E-state index contributed by atoms with van der Waals surface area (Å²) in [6.45, 7) is 6.61. The lowest BCUT2D eigenvalue weighted by Crippen LogP contribution is -2.03. The Hall–Kier alpha value is -2.15. The van der Waals surface area contributed by atoms with E-state index in [1.165, 1.54) is 39.0 Å². The second-order valence-corrected chi connectivity index (χ2v) is 7.13. The second kappa shape index (κ2) is 5.73. The molecular formula is C23H23F. The molecule has 0 bridgehead atoms. The minimum Gasteiger partial charge on any atom is -0.206 e. The molecule has 122 valence electrons. The first kappa shape index (κ1) is 15.4. The monoisotopic (exact) mass is 318 g/mol. The molecule has 0 aromatic heterocycles. The van der Waals surface area contributed by atoms with E-state index in [2.05, 4.69) is 32.9 Å². The van der Waals surface area contributed by atoms with Crippen molar-refractivity contribution in [3.8, 4) is 0 Å². The zero-order chi connectivity index (χ0) is 16.8. The minimum absolute atomic E-state index is 0.120. The predicted molar refractivity (Wildman–Crippen MR) is 99.6 cm³/mol. The summed E-state index contributed by atoms with van der Waals surface area (Å²) >= 11 is 0. The number of hydrogen-bond acceptors (Lipinski definition) is 0. The zero-order valence-corrected chi connectivity index (χ0v) is 14.7. The average molecular weight is 318 g/mol. The van der Waals surface area contributed by atoms with E-state index < -0.39 is 0 Å². The van der Waals surface area contributed by atoms with Crippen LogP contribution in [0.1, 0.15) is 60.1 Å². The van der Waals surface area contributed by atoms with E-state index in [1.54, 1.807) is 12.1 Å². The van der Waals surface area contributed by atoms with Gasteiger partial charge in [-0.1, -0.05) is 29.8 Å². The van der Waals surface area contributed by atoms with E-state index in [0.29, 0.717) is 0 Å². The number of allylic oxidation sites excluding steroid dienone is 3. The maximum atomic E-state index is 14.6. The van der Waals surface area contributed by atoms with Gasteiger partial charge in [0.15, 0.2) is 0 Å². The molecule has 0 N–H and O–H groups in total. The van der Waals surface area contributed by atoms with Crippen molar-refractivity contribution in [2.75, 3.05) is 0 Å². The van der Waals surface area contributed by atoms with E-state index in [9.17, 15) is 4.39 Å². The van der Waals surface area contributed by atoms with Gasteiger partial charge in [0.05, 0.1) is 0 Å². The van der Waals surface area contributed by atoms with E-state index in [4.69, 9.17) is 0 Å². The molecule has 2 aliphatic rings. The van der Waals surface area contributed by atoms with Crippen LogP contribution in [-0.4, -0.2) is 0 Å². The van der Waals surface area contributed by atoms with Crippen molar-refractivity contribution >= 4 is 11.1 Å². The first-order valence-corrected chi connectivity index (χ1v) is 8.85. The third kappa shape index (κ3) is 2.26. The van der Waals surface area contributed by atoms with Crippen LogP contribution < -0.4 is 0 Å². The summed E-state index contributed by atoms with van der Waals surface area (Å²) in [7, 11) is 0. The van der Waals surface area contributed by atoms with Crippen LogP contribution in [0.4, 0.5) is 4.39 Å². The van der Waals surface area contributed by atoms with Gasteiger partial charge in [-0.25, -0.2) is 4.39 Å². The molecular weight excluding hydrogens is 295 g/mol. The Labute approximate surface area is 143 Å². The Morgan fingerprint density at radius 3 is 2.46 bits per heavy atom. The topological polar surface area (TPSA) is 0 Å². The summed E-state index contributed by atoms with van der Waals surface area (Å²) in [6, 6.07) is 9.54. The lowest BCUT2D eigenvalue weighted by atomic mass is 9.85. The Balaban J connectivity index is 2.03. The third-order valence-electron chi connectivity index (χ3n) is 5.70. The molecule has 0 aliphatic heterocycles. The highest BCUT2D eigenvalue weighted by Crippen LogP contribution is 2.42. The van der Waals surface area contributed by atoms with E-state index in [-0.39, 0.29) is 5.82 Å². The van der Waals surface area contributed by atoms with Crippen LogP contribution in [-0.2, 0) is 12.8 Å². The first-order valence-electron chi connectivity index (χ1n) is 8.85. The van der Waals surface area contributed by atoms with E-state index >= 15 is 0 Å². The summed E-state index contributed by atoms with van der Waals surface area (Å²) in [6.07, 6.45) is 6.62. The van der Waals surface area contributed by atoms with Crippen molar-refractivity contribution in [1.29, 1.82) is 0 Å². The van der Waals surface area contributed by atoms with Crippen LogP contribution in [0.3, 0.4) is 0 Å². The number of rotatable bonds is 1. The van der Waals surface area contributed by atoms with Gasteiger partial charge in [0.1, 0.15) is 5.82 Å². The van der Waals surface area contributed by atoms with Gasteiger partial charge >= 0.3 is 0 Å². The molecule has 4 rings (SSSR count). The number of hydrogen-bond donors (Lipinski definition) is 0. The second-order valence-electron chi connectivity index (χ2n) is 7.13. The normalized spacial score (nSPS) is 16.6. The summed E-state index contributed by atoms with van der Waals surface area (Å²) in [4.78, 5) is 0. The Kier molecular flexibility index (Phi) is 3.68. The lowest BCUT2D eigenvalue weighted by molar-refractivity contribution is 0.624. The fraction of sp³-hybridized carbons (Fsp3) is 0.304. The van der Waals surface area contributed by atoms with Gasteiger partial charge in [0.25, 0.3) is 0 Å². The SMILES string of the molecule is CC1=CCc2c1cc1c(c2C)CCCC(C)=C1c1ccccc1F. The van der Waals surface area contributed by atoms with Crippen LogP contribution >= 0.6 is 0 Å². The predicted octanol–water partition coefficient (Wildman–Crippen LogP) is 6.25. The molecule has 24 heavy (non-hydrogen) atoms. The van der Waals surface area contributed by atoms with Gasteiger partial charge in [0.2, 0.25) is 0 Å². The van der Waals surface area contributed by atoms with E-state index in [0.717, 1.165) is 36.8 Å². The molecule has 0 fully saturated rings. The quantitative estimate of drug-likeness (QED) is 0.583. The number of fused-ring (bicyclic) bond motifs is 2. The zero-order valence-electron chi connectivity index (χ0n) is 14.7. The standard InChI is InChI=1S/C23H23F/c1-14-11-12-18-16(3)17-9-6-7-15(2)23(21(17)13-20(14)18)19-8-4-5-10-22(19)24/h4-5,8,10-11,13H,6-7,9,12H2,1-3H3. The fourth-order valence-corrected chi connectivity index (χ4v) is 4.35. The maximum Gasteiger partial charge on any atom is 0.131 e. The third-order valence-corrected chi connectivity index (χ3v) is 5.70. The fourth-order valence-electron chi connectivity index (χ4n) is 4.35. The number of halogens is 1. The maximum absolute atomic E-state index is 14.6. The van der Waals surface area contributed by atoms with Crippen molar-refractivity contribution in [3.05, 3.63) is 81.2 Å². The van der Waals surface area contributed by atoms with Crippen LogP contribution in [0.5, 0.6) is 0 Å². The molecule has 0 unspecified atom stereocenters. The minimum atomic E-state index is -0.120. The summed E-state index contributed by atoms with van der Waals surface area (Å²) in [5.74, 6) is -0.120. The van der Waals surface area contributed by atoms with Crippen molar-refractivity contribution in [3.63, 3.8) is 0 Å². The highest BCUT2D eigenvalue weighted by atomic mass is 19.1. The molecule has 0 nitrogen and oxygen atoms in total. The molecule has 0 heterocycles. The van der Waals surface area contributed by atoms with Crippen molar-refractivity contribution in [1.82, 2.24) is 0 Å². The lowest BCUT2D eigenvalue weighted by Gasteiger charge is -2.20. The highest BCUT2D eigenvalue weighted by Gasteiger charge is 2.24. The van der Waals surface area contributed by atoms with Crippen LogP contribution in [0, 0.1) is 12.7 Å². The molecule has 0 saturated carbocycles. The van der Waals surface area contributed by atoms with Crippen molar-refractivity contribution in [2.24, 2.45) is 0 Å². The Bertz CT molecular complexity index is 896. The molecule has 0 saturated heterocycles. The van der Waals surface area contributed by atoms with Crippen LogP contribution in [0.15, 0.2) is 42.0 Å². The van der Waals surface area contributed by atoms with Gasteiger partial charge in [-0.3, -0.25) is 0 Å². The summed E-state index contributed by atoms with van der Waals surface area (Å²) < 4.78 is 14.6. The molecule has 0 radical (unpaired) electrons. The first-order chi connectivity index (χ1) is 11.6. The molecule has 2 aliphatic carbocycles. The Morgan fingerprint density at radius 1 is 0.875 bits per heavy atom. The van der Waals surface area contributed by atoms with E-state index in [1.807, 2.05) is 12.1 Å². The van der Waals surface area contributed by atoms with Crippen LogP contribution in [0.25, 0.3) is 11.1 Å². The molecule has 0 amide bonds. The number of benzene rings is 2.